The molecule has 13 heteroatoms. The van der Waals surface area contributed by atoms with Gasteiger partial charge in [-0.1, -0.05) is 18.2 Å². The summed E-state index contributed by atoms with van der Waals surface area (Å²) in [7, 11) is 0. The maximum atomic E-state index is 11.4. The van der Waals surface area contributed by atoms with E-state index in [1.54, 1.807) is 46.2 Å². The van der Waals surface area contributed by atoms with E-state index in [9.17, 15) is 34.8 Å². The molecule has 0 unspecified atom stereocenters. The zero-order chi connectivity index (χ0) is 27.7. The van der Waals surface area contributed by atoms with Crippen molar-refractivity contribution in [2.45, 2.75) is 32.5 Å². The van der Waals surface area contributed by atoms with Gasteiger partial charge in [-0.05, 0) is 36.4 Å². The molecule has 0 fully saturated rings. The Labute approximate surface area is 217 Å². The van der Waals surface area contributed by atoms with E-state index in [2.05, 4.69) is 15.0 Å². The lowest BCUT2D eigenvalue weighted by atomic mass is 10.2. The predicted octanol–water partition coefficient (Wildman–Crippen LogP) is 0.668. The lowest BCUT2D eigenvalue weighted by Crippen LogP contribution is -2.32. The van der Waals surface area contributed by atoms with Crippen LogP contribution in [-0.2, 0) is 31.0 Å². The Kier molecular flexibility index (Phi) is 9.90. The lowest BCUT2D eigenvalue weighted by Gasteiger charge is -2.23. The van der Waals surface area contributed by atoms with Crippen molar-refractivity contribution in [2.24, 2.45) is 0 Å². The van der Waals surface area contributed by atoms with Gasteiger partial charge in [0.05, 0.1) is 29.3 Å². The van der Waals surface area contributed by atoms with Gasteiger partial charge in [0.15, 0.2) is 6.29 Å². The molecule has 0 saturated heterocycles. The van der Waals surface area contributed by atoms with E-state index in [1.165, 1.54) is 18.2 Å². The predicted molar refractivity (Wildman–Crippen MR) is 131 cm³/mol. The molecule has 0 aromatic carbocycles. The first-order chi connectivity index (χ1) is 18.1. The second-order valence-corrected chi connectivity index (χ2v) is 8.45. The minimum absolute atomic E-state index is 0.0771. The number of pyridine rings is 3. The summed E-state index contributed by atoms with van der Waals surface area (Å²) in [6, 6.07) is 14.2. The second-order valence-electron chi connectivity index (χ2n) is 8.45. The number of aliphatic hydroxyl groups is 2. The fraction of sp³-hybridized carbons (Fsp3) is 0.280. The van der Waals surface area contributed by atoms with Gasteiger partial charge in [-0.15, -0.1) is 0 Å². The van der Waals surface area contributed by atoms with Crippen molar-refractivity contribution < 1.29 is 39.9 Å². The number of nitrogens with zero attached hydrogens (tertiary/aromatic N) is 5. The molecule has 0 aliphatic heterocycles. The minimum atomic E-state index is -1.65. The third-order valence-corrected chi connectivity index (χ3v) is 5.24. The normalized spacial score (nSPS) is 11.3. The van der Waals surface area contributed by atoms with Crippen molar-refractivity contribution in [3.8, 4) is 0 Å². The van der Waals surface area contributed by atoms with Crippen LogP contribution in [0.3, 0.4) is 0 Å². The van der Waals surface area contributed by atoms with Gasteiger partial charge in [-0.25, -0.2) is 19.6 Å². The quantitative estimate of drug-likeness (QED) is 0.184. The molecular formula is C25H27N5O8. The molecule has 38 heavy (non-hydrogen) atoms. The number of aliphatic hydroxyl groups excluding tert-OH is 1. The number of hydrogen-bond acceptors (Lipinski definition) is 10. The number of carbonyl (C=O) groups is 3. The highest BCUT2D eigenvalue weighted by Crippen LogP contribution is 2.12. The molecule has 0 saturated carbocycles. The third-order valence-electron chi connectivity index (χ3n) is 5.24. The molecular weight excluding hydrogens is 498 g/mol. The van der Waals surface area contributed by atoms with E-state index in [4.69, 9.17) is 5.11 Å². The first kappa shape index (κ1) is 28.3. The SMILES string of the molecule is O=C(O)CN(Cc1cccc(CN(Cc2cccc(C(=O)O)n2)CC(O)O)n1)Cc1cccc(C(=O)O)n1. The van der Waals surface area contributed by atoms with Crippen molar-refractivity contribution in [3.05, 3.63) is 88.8 Å². The van der Waals surface area contributed by atoms with Crippen LogP contribution >= 0.6 is 0 Å². The average molecular weight is 526 g/mol. The standard InChI is InChI=1S/C25H27N5O8/c31-22(32)14-29(12-18-6-2-8-20(27-18)24(35)36)10-16-4-1-5-17(26-16)11-30(15-23(33)34)13-19-7-3-9-21(28-19)25(37)38/h1-9,22,31-32H,10-15H2,(H,33,34)(H,35,36)(H,37,38). The number of hydrogen-bond donors (Lipinski definition) is 5. The van der Waals surface area contributed by atoms with Crippen LogP contribution in [-0.4, -0.2) is 87.6 Å². The van der Waals surface area contributed by atoms with Crippen molar-refractivity contribution >= 4 is 17.9 Å². The molecule has 3 aromatic rings. The number of aromatic nitrogens is 3. The van der Waals surface area contributed by atoms with E-state index in [0.29, 0.717) is 22.8 Å². The Bertz CT molecular complexity index is 1290. The summed E-state index contributed by atoms with van der Waals surface area (Å²) in [5.41, 5.74) is 1.63. The fourth-order valence-corrected chi connectivity index (χ4v) is 3.77. The topological polar surface area (TPSA) is 198 Å². The molecule has 5 N–H and O–H groups in total. The monoisotopic (exact) mass is 525 g/mol. The highest BCUT2D eigenvalue weighted by molar-refractivity contribution is 5.85. The zero-order valence-corrected chi connectivity index (χ0v) is 20.2. The van der Waals surface area contributed by atoms with E-state index in [1.807, 2.05) is 0 Å². The molecule has 0 amide bonds. The molecule has 3 heterocycles. The van der Waals surface area contributed by atoms with Gasteiger partial charge in [0, 0.05) is 32.7 Å². The van der Waals surface area contributed by atoms with Crippen LogP contribution in [0.5, 0.6) is 0 Å². The first-order valence-electron chi connectivity index (χ1n) is 11.4. The van der Waals surface area contributed by atoms with Crippen LogP contribution in [0.1, 0.15) is 43.8 Å². The smallest absolute Gasteiger partial charge is 0.354 e. The zero-order valence-electron chi connectivity index (χ0n) is 20.2. The highest BCUT2D eigenvalue weighted by atomic mass is 16.5. The molecule has 3 rings (SSSR count). The summed E-state index contributed by atoms with van der Waals surface area (Å²) in [5, 5.41) is 46.8. The van der Waals surface area contributed by atoms with E-state index < -0.39 is 24.2 Å². The van der Waals surface area contributed by atoms with Crippen molar-refractivity contribution in [3.63, 3.8) is 0 Å². The molecule has 0 spiro atoms. The van der Waals surface area contributed by atoms with Gasteiger partial charge in [0.1, 0.15) is 11.4 Å². The Hall–Kier alpha value is -4.30. The van der Waals surface area contributed by atoms with Gasteiger partial charge >= 0.3 is 17.9 Å². The molecule has 0 atom stereocenters. The summed E-state index contributed by atoms with van der Waals surface area (Å²) in [6.45, 7) is 0.0194. The summed E-state index contributed by atoms with van der Waals surface area (Å²) in [6.07, 6.45) is -1.65. The number of carboxylic acids is 3. The van der Waals surface area contributed by atoms with Crippen LogP contribution in [0.25, 0.3) is 0 Å². The fourth-order valence-electron chi connectivity index (χ4n) is 3.77. The largest absolute Gasteiger partial charge is 0.480 e. The first-order valence-corrected chi connectivity index (χ1v) is 11.4. The second kappa shape index (κ2) is 13.3. The number of carboxylic acid groups (broad SMARTS) is 3. The Morgan fingerprint density at radius 1 is 0.632 bits per heavy atom. The van der Waals surface area contributed by atoms with Gasteiger partial charge < -0.3 is 25.5 Å². The number of rotatable bonds is 14. The molecule has 0 radical (unpaired) electrons. The van der Waals surface area contributed by atoms with E-state index in [0.717, 1.165) is 0 Å². The van der Waals surface area contributed by atoms with Gasteiger partial charge in [-0.2, -0.15) is 0 Å². The van der Waals surface area contributed by atoms with Gasteiger partial charge in [0.2, 0.25) is 0 Å². The Balaban J connectivity index is 1.76. The van der Waals surface area contributed by atoms with Crippen LogP contribution < -0.4 is 0 Å². The summed E-state index contributed by atoms with van der Waals surface area (Å²) >= 11 is 0. The van der Waals surface area contributed by atoms with Gasteiger partial charge in [0.25, 0.3) is 0 Å². The van der Waals surface area contributed by atoms with Crippen LogP contribution in [0.4, 0.5) is 0 Å². The van der Waals surface area contributed by atoms with Crippen molar-refractivity contribution in [1.82, 2.24) is 24.8 Å². The number of aromatic carboxylic acids is 2. The summed E-state index contributed by atoms with van der Waals surface area (Å²) < 4.78 is 0. The maximum Gasteiger partial charge on any atom is 0.354 e. The maximum absolute atomic E-state index is 11.4. The molecule has 0 aliphatic rings. The van der Waals surface area contributed by atoms with Crippen molar-refractivity contribution in [2.75, 3.05) is 13.1 Å². The third kappa shape index (κ3) is 8.97. The molecule has 13 nitrogen and oxygen atoms in total. The van der Waals surface area contributed by atoms with Crippen LogP contribution in [0.15, 0.2) is 54.6 Å². The van der Waals surface area contributed by atoms with Crippen molar-refractivity contribution in [1.29, 1.82) is 0 Å². The molecule has 200 valence electrons. The molecule has 0 bridgehead atoms. The van der Waals surface area contributed by atoms with E-state index in [-0.39, 0.29) is 50.7 Å². The summed E-state index contributed by atoms with van der Waals surface area (Å²) in [4.78, 5) is 49.8. The van der Waals surface area contributed by atoms with Gasteiger partial charge in [-0.3, -0.25) is 19.6 Å². The minimum Gasteiger partial charge on any atom is -0.480 e. The lowest BCUT2D eigenvalue weighted by molar-refractivity contribution is -0.138. The Morgan fingerprint density at radius 2 is 1.03 bits per heavy atom. The Morgan fingerprint density at radius 3 is 1.42 bits per heavy atom. The average Bonchev–Trinajstić information content (AvgIpc) is 2.83. The molecule has 0 aliphatic carbocycles. The van der Waals surface area contributed by atoms with Crippen LogP contribution in [0.2, 0.25) is 0 Å². The van der Waals surface area contributed by atoms with E-state index >= 15 is 0 Å². The highest BCUT2D eigenvalue weighted by Gasteiger charge is 2.17. The molecule has 3 aromatic heterocycles. The number of aliphatic carboxylic acids is 1. The summed E-state index contributed by atoms with van der Waals surface area (Å²) in [5.74, 6) is -3.44. The van der Waals surface area contributed by atoms with Crippen LogP contribution in [0, 0.1) is 0 Å².